The summed E-state index contributed by atoms with van der Waals surface area (Å²) in [5.74, 6) is 0.362. The summed E-state index contributed by atoms with van der Waals surface area (Å²) in [6.07, 6.45) is 4.92. The lowest BCUT2D eigenvalue weighted by molar-refractivity contribution is -0.115. The quantitative estimate of drug-likeness (QED) is 0.835. The van der Waals surface area contributed by atoms with E-state index < -0.39 is 32.6 Å². The van der Waals surface area contributed by atoms with Gasteiger partial charge in [-0.2, -0.15) is 0 Å². The Morgan fingerprint density at radius 1 is 1.44 bits per heavy atom. The normalized spacial score (nSPS) is 12.5. The van der Waals surface area contributed by atoms with Crippen molar-refractivity contribution < 1.29 is 17.6 Å². The third kappa shape index (κ3) is 3.57. The van der Waals surface area contributed by atoms with Gasteiger partial charge in [-0.1, -0.05) is 5.92 Å². The molecule has 1 N–H and O–H groups in total. The van der Waals surface area contributed by atoms with Crippen molar-refractivity contribution in [3.8, 4) is 12.3 Å². The molecule has 1 unspecified atom stereocenters. The molecule has 0 aromatic heterocycles. The highest BCUT2D eigenvalue weighted by atomic mass is 32.2. The number of nitrogens with one attached hydrogen (secondary N) is 1. The van der Waals surface area contributed by atoms with Gasteiger partial charge >= 0.3 is 0 Å². The minimum absolute atomic E-state index is 0.323. The lowest BCUT2D eigenvalue weighted by Crippen LogP contribution is -2.33. The van der Waals surface area contributed by atoms with Crippen LogP contribution < -0.4 is 5.32 Å². The van der Waals surface area contributed by atoms with Gasteiger partial charge in [-0.3, -0.25) is 4.79 Å². The van der Waals surface area contributed by atoms with E-state index >= 15 is 0 Å². The van der Waals surface area contributed by atoms with Gasteiger partial charge in [0.05, 0.1) is 0 Å². The summed E-state index contributed by atoms with van der Waals surface area (Å²) in [4.78, 5) is 11.7. The van der Waals surface area contributed by atoms with Crippen molar-refractivity contribution in [2.75, 3.05) is 11.1 Å². The smallest absolute Gasteiger partial charge is 0.242 e. The number of amides is 1. The monoisotopic (exact) mass is 269 g/mol. The topological polar surface area (TPSA) is 63.2 Å². The van der Waals surface area contributed by atoms with E-state index in [0.29, 0.717) is 5.69 Å². The standard InChI is InChI=1S/C12H12FNO3S/c1-3-8-18(16,17)9(2)12(15)14-11-6-4-10(13)5-7-11/h1,4-7,9H,8H2,2H3,(H,14,15). The van der Waals surface area contributed by atoms with Crippen LogP contribution in [0.15, 0.2) is 24.3 Å². The van der Waals surface area contributed by atoms with Gasteiger partial charge in [-0.15, -0.1) is 6.42 Å². The van der Waals surface area contributed by atoms with Crippen molar-refractivity contribution in [2.24, 2.45) is 0 Å². The summed E-state index contributed by atoms with van der Waals surface area (Å²) in [7, 11) is -3.66. The highest BCUT2D eigenvalue weighted by molar-refractivity contribution is 7.93. The van der Waals surface area contributed by atoms with Crippen LogP contribution >= 0.6 is 0 Å². The van der Waals surface area contributed by atoms with Crippen molar-refractivity contribution >= 4 is 21.4 Å². The third-order valence-corrected chi connectivity index (χ3v) is 4.16. The number of terminal acetylenes is 1. The first kappa shape index (κ1) is 14.2. The van der Waals surface area contributed by atoms with E-state index in [9.17, 15) is 17.6 Å². The van der Waals surface area contributed by atoms with E-state index in [2.05, 4.69) is 5.32 Å². The molecule has 18 heavy (non-hydrogen) atoms. The molecular weight excluding hydrogens is 257 g/mol. The molecule has 96 valence electrons. The van der Waals surface area contributed by atoms with Gasteiger partial charge in [0, 0.05) is 5.69 Å². The van der Waals surface area contributed by atoms with Crippen LogP contribution in [0.25, 0.3) is 0 Å². The Balaban J connectivity index is 2.78. The molecule has 0 heterocycles. The Hall–Kier alpha value is -1.87. The largest absolute Gasteiger partial charge is 0.325 e. The number of carbonyl (C=O) groups excluding carboxylic acids is 1. The maximum absolute atomic E-state index is 12.6. The minimum Gasteiger partial charge on any atom is -0.325 e. The van der Waals surface area contributed by atoms with Crippen LogP contribution in [0.3, 0.4) is 0 Å². The molecular formula is C12H12FNO3S. The maximum atomic E-state index is 12.6. The van der Waals surface area contributed by atoms with Gasteiger partial charge in [0.1, 0.15) is 16.8 Å². The lowest BCUT2D eigenvalue weighted by atomic mass is 10.3. The molecule has 0 saturated carbocycles. The number of benzene rings is 1. The van der Waals surface area contributed by atoms with Crippen molar-refractivity contribution in [2.45, 2.75) is 12.2 Å². The Morgan fingerprint density at radius 2 is 2.00 bits per heavy atom. The summed E-state index contributed by atoms with van der Waals surface area (Å²) < 4.78 is 35.7. The molecule has 0 aliphatic heterocycles. The predicted octanol–water partition coefficient (Wildman–Crippen LogP) is 1.20. The van der Waals surface area contributed by atoms with Crippen molar-refractivity contribution in [1.82, 2.24) is 0 Å². The highest BCUT2D eigenvalue weighted by Gasteiger charge is 2.27. The number of anilines is 1. The van der Waals surface area contributed by atoms with Crippen LogP contribution in [-0.2, 0) is 14.6 Å². The predicted molar refractivity (Wildman–Crippen MR) is 67.1 cm³/mol. The zero-order chi connectivity index (χ0) is 13.8. The average molecular weight is 269 g/mol. The summed E-state index contributed by atoms with van der Waals surface area (Å²) >= 11 is 0. The molecule has 1 amide bonds. The molecule has 0 radical (unpaired) electrons. The molecule has 0 aliphatic carbocycles. The lowest BCUT2D eigenvalue weighted by Gasteiger charge is -2.11. The molecule has 1 atom stereocenters. The van der Waals surface area contributed by atoms with Gasteiger partial charge < -0.3 is 5.32 Å². The third-order valence-electron chi connectivity index (χ3n) is 2.30. The SMILES string of the molecule is C#CCS(=O)(=O)C(C)C(=O)Nc1ccc(F)cc1. The maximum Gasteiger partial charge on any atom is 0.242 e. The molecule has 1 aromatic carbocycles. The second-order valence-electron chi connectivity index (χ2n) is 3.65. The number of carbonyl (C=O) groups is 1. The first-order valence-corrected chi connectivity index (χ1v) is 6.80. The molecule has 0 spiro atoms. The van der Waals surface area contributed by atoms with Gasteiger partial charge in [0.2, 0.25) is 5.91 Å². The van der Waals surface area contributed by atoms with E-state index in [1.54, 1.807) is 0 Å². The molecule has 0 aliphatic rings. The molecule has 1 aromatic rings. The zero-order valence-electron chi connectivity index (χ0n) is 9.68. The highest BCUT2D eigenvalue weighted by Crippen LogP contribution is 2.11. The molecule has 0 bridgehead atoms. The number of rotatable bonds is 4. The van der Waals surface area contributed by atoms with E-state index in [-0.39, 0.29) is 0 Å². The Morgan fingerprint density at radius 3 is 2.50 bits per heavy atom. The van der Waals surface area contributed by atoms with Crippen LogP contribution in [0, 0.1) is 18.2 Å². The fourth-order valence-electron chi connectivity index (χ4n) is 1.18. The summed E-state index contributed by atoms with van der Waals surface area (Å²) in [6, 6.07) is 5.01. The first-order valence-electron chi connectivity index (χ1n) is 5.08. The Labute approximate surface area is 105 Å². The first-order chi connectivity index (χ1) is 8.36. The Bertz CT molecular complexity index is 572. The van der Waals surface area contributed by atoms with Crippen molar-refractivity contribution in [3.63, 3.8) is 0 Å². The van der Waals surface area contributed by atoms with Gasteiger partial charge in [-0.05, 0) is 31.2 Å². The van der Waals surface area contributed by atoms with E-state index in [1.165, 1.54) is 19.1 Å². The van der Waals surface area contributed by atoms with Crippen LogP contribution in [0.2, 0.25) is 0 Å². The summed E-state index contributed by atoms with van der Waals surface area (Å²) in [5.41, 5.74) is 0.323. The molecule has 1 rings (SSSR count). The van der Waals surface area contributed by atoms with E-state index in [0.717, 1.165) is 12.1 Å². The van der Waals surface area contributed by atoms with Crippen molar-refractivity contribution in [1.29, 1.82) is 0 Å². The molecule has 0 saturated heterocycles. The minimum atomic E-state index is -3.66. The average Bonchev–Trinajstić information content (AvgIpc) is 2.31. The van der Waals surface area contributed by atoms with E-state index in [1.807, 2.05) is 5.92 Å². The van der Waals surface area contributed by atoms with Crippen LogP contribution in [-0.4, -0.2) is 25.3 Å². The molecule has 6 heteroatoms. The van der Waals surface area contributed by atoms with Crippen molar-refractivity contribution in [3.05, 3.63) is 30.1 Å². The van der Waals surface area contributed by atoms with Gasteiger partial charge in [0.15, 0.2) is 9.84 Å². The van der Waals surface area contributed by atoms with Crippen LogP contribution in [0.1, 0.15) is 6.92 Å². The fourth-order valence-corrected chi connectivity index (χ4v) is 2.05. The zero-order valence-corrected chi connectivity index (χ0v) is 10.5. The van der Waals surface area contributed by atoms with Gasteiger partial charge in [-0.25, -0.2) is 12.8 Å². The van der Waals surface area contributed by atoms with Crippen LogP contribution in [0.5, 0.6) is 0 Å². The number of halogens is 1. The fraction of sp³-hybridized carbons (Fsp3) is 0.250. The van der Waals surface area contributed by atoms with Gasteiger partial charge in [0.25, 0.3) is 0 Å². The molecule has 4 nitrogen and oxygen atoms in total. The molecule has 0 fully saturated rings. The van der Waals surface area contributed by atoms with E-state index in [4.69, 9.17) is 6.42 Å². The summed E-state index contributed by atoms with van der Waals surface area (Å²) in [5, 5.41) is 1.13. The summed E-state index contributed by atoms with van der Waals surface area (Å²) in [6.45, 7) is 1.26. The number of hydrogen-bond acceptors (Lipinski definition) is 3. The number of hydrogen-bond donors (Lipinski definition) is 1. The van der Waals surface area contributed by atoms with Crippen LogP contribution in [0.4, 0.5) is 10.1 Å². The Kier molecular flexibility index (Phi) is 4.45. The second kappa shape index (κ2) is 5.65. The number of sulfone groups is 1. The second-order valence-corrected chi connectivity index (χ2v) is 5.97.